The summed E-state index contributed by atoms with van der Waals surface area (Å²) in [5.41, 5.74) is 3.61. The van der Waals surface area contributed by atoms with Crippen LogP contribution in [0.5, 0.6) is 0 Å². The number of Topliss-reactive ketones (excluding diaryl/α,β-unsaturated/α-hetero) is 1. The van der Waals surface area contributed by atoms with Gasteiger partial charge in [-0.2, -0.15) is 0 Å². The molecule has 0 unspecified atom stereocenters. The first kappa shape index (κ1) is 19.9. The van der Waals surface area contributed by atoms with E-state index in [-0.39, 0.29) is 17.2 Å². The van der Waals surface area contributed by atoms with E-state index in [0.29, 0.717) is 17.7 Å². The van der Waals surface area contributed by atoms with Gasteiger partial charge in [-0.15, -0.1) is 0 Å². The Hall–Kier alpha value is -3.80. The minimum Gasteiger partial charge on any atom is -0.467 e. The fraction of sp³-hybridized carbons (Fsp3) is 0.259. The maximum absolute atomic E-state index is 13.7. The van der Waals surface area contributed by atoms with Crippen LogP contribution in [-0.4, -0.2) is 11.8 Å². The normalized spacial score (nSPS) is 25.2. The van der Waals surface area contributed by atoms with E-state index in [1.807, 2.05) is 59.5 Å². The molecule has 1 N–H and O–H groups in total. The molecule has 0 bridgehead atoms. The van der Waals surface area contributed by atoms with E-state index in [9.17, 15) is 9.59 Å². The predicted molar refractivity (Wildman–Crippen MR) is 124 cm³/mol. The van der Waals surface area contributed by atoms with Crippen molar-refractivity contribution in [2.24, 2.45) is 11.3 Å². The van der Waals surface area contributed by atoms with Gasteiger partial charge in [-0.25, -0.2) is 4.79 Å². The number of carbonyl (C=O) groups excluding carboxylic acids is 2. The number of fused-ring (bicyclic) bond motifs is 3. The van der Waals surface area contributed by atoms with E-state index in [1.54, 1.807) is 12.3 Å². The molecule has 6 nitrogen and oxygen atoms in total. The first-order valence-electron chi connectivity index (χ1n) is 11.2. The van der Waals surface area contributed by atoms with E-state index in [4.69, 9.17) is 9.15 Å². The van der Waals surface area contributed by atoms with Crippen LogP contribution in [0.1, 0.15) is 54.2 Å². The molecule has 1 aromatic heterocycles. The number of esters is 1. The summed E-state index contributed by atoms with van der Waals surface area (Å²) in [6.45, 7) is 4.14. The number of benzene rings is 2. The number of nitrogens with zero attached hydrogens (tertiary/aromatic N) is 1. The van der Waals surface area contributed by atoms with Gasteiger partial charge in [0.25, 0.3) is 0 Å². The lowest BCUT2D eigenvalue weighted by Crippen LogP contribution is -2.42. The summed E-state index contributed by atoms with van der Waals surface area (Å²) in [7, 11) is 0. The van der Waals surface area contributed by atoms with Gasteiger partial charge in [-0.1, -0.05) is 50.3 Å². The molecule has 33 heavy (non-hydrogen) atoms. The molecule has 6 heteroatoms. The number of furan rings is 1. The number of carbonyl (C=O) groups is 2. The van der Waals surface area contributed by atoms with Crippen LogP contribution in [-0.2, 0) is 9.53 Å². The highest BCUT2D eigenvalue weighted by atomic mass is 16.6. The van der Waals surface area contributed by atoms with E-state index in [0.717, 1.165) is 22.6 Å². The van der Waals surface area contributed by atoms with Crippen molar-refractivity contribution in [3.8, 4) is 0 Å². The lowest BCUT2D eigenvalue weighted by Gasteiger charge is -2.40. The molecule has 2 aromatic carbocycles. The number of allylic oxidation sites excluding steroid dienone is 1. The van der Waals surface area contributed by atoms with Crippen molar-refractivity contribution in [1.82, 2.24) is 0 Å². The second-order valence-electron chi connectivity index (χ2n) is 9.56. The average molecular weight is 440 g/mol. The Morgan fingerprint density at radius 2 is 1.79 bits per heavy atom. The Bertz CT molecular complexity index is 1290. The topological polar surface area (TPSA) is 71.8 Å². The molecule has 3 aliphatic rings. The molecule has 1 aliphatic carbocycles. The summed E-state index contributed by atoms with van der Waals surface area (Å²) in [6.07, 6.45) is 3.51. The molecule has 0 amide bonds. The van der Waals surface area contributed by atoms with E-state index >= 15 is 0 Å². The number of hydrogen-bond acceptors (Lipinski definition) is 6. The van der Waals surface area contributed by atoms with E-state index in [1.165, 1.54) is 0 Å². The standard InChI is InChI=1S/C27H24N2O4/c1-27(2)14-19-23(21(30)15-27)24(22-12-7-13-32-22)29(20-11-6-5-10-18(20)28-19)25-16-8-3-4-9-17(16)26(31)33-25/h3-14,23-25,28H,15H2,1-2H3/t23-,24-,25-/m1/s1. The van der Waals surface area contributed by atoms with Crippen molar-refractivity contribution in [2.45, 2.75) is 32.5 Å². The number of para-hydroxylation sites is 2. The maximum Gasteiger partial charge on any atom is 0.340 e. The third-order valence-corrected chi connectivity index (χ3v) is 6.69. The zero-order chi connectivity index (χ0) is 22.7. The molecule has 0 saturated heterocycles. The summed E-state index contributed by atoms with van der Waals surface area (Å²) in [5, 5.41) is 3.54. The minimum atomic E-state index is -0.686. The summed E-state index contributed by atoms with van der Waals surface area (Å²) >= 11 is 0. The van der Waals surface area contributed by atoms with E-state index in [2.05, 4.69) is 25.2 Å². The van der Waals surface area contributed by atoms with Gasteiger partial charge >= 0.3 is 5.97 Å². The second kappa shape index (κ2) is 7.10. The molecular formula is C27H24N2O4. The number of nitrogens with one attached hydrogen (secondary N) is 1. The van der Waals surface area contributed by atoms with Gasteiger partial charge in [0.2, 0.25) is 6.23 Å². The Balaban J connectivity index is 1.62. The molecule has 3 heterocycles. The Labute approximate surface area is 191 Å². The fourth-order valence-electron chi connectivity index (χ4n) is 5.39. The van der Waals surface area contributed by atoms with Crippen molar-refractivity contribution in [3.63, 3.8) is 0 Å². The molecule has 3 aromatic rings. The number of ether oxygens (including phenoxy) is 1. The first-order chi connectivity index (χ1) is 15.9. The highest BCUT2D eigenvalue weighted by Crippen LogP contribution is 2.52. The Kier molecular flexibility index (Phi) is 4.27. The van der Waals surface area contributed by atoms with Gasteiger partial charge in [0, 0.05) is 17.7 Å². The Morgan fingerprint density at radius 1 is 1.00 bits per heavy atom. The maximum atomic E-state index is 13.7. The highest BCUT2D eigenvalue weighted by Gasteiger charge is 2.50. The van der Waals surface area contributed by atoms with Crippen molar-refractivity contribution in [3.05, 3.63) is 95.6 Å². The third kappa shape index (κ3) is 3.09. The SMILES string of the molecule is CC1(C)C=C2Nc3ccccc3N([C@@H]3OC(=O)c4ccccc43)[C@H](c3ccco3)[C@H]2C(=O)C1. The number of rotatable bonds is 2. The summed E-state index contributed by atoms with van der Waals surface area (Å²) < 4.78 is 11.9. The fourth-order valence-corrected chi connectivity index (χ4v) is 5.39. The lowest BCUT2D eigenvalue weighted by molar-refractivity contribution is -0.124. The predicted octanol–water partition coefficient (Wildman–Crippen LogP) is 5.62. The van der Waals surface area contributed by atoms with Crippen LogP contribution in [0.25, 0.3) is 0 Å². The molecular weight excluding hydrogens is 416 g/mol. The minimum absolute atomic E-state index is 0.127. The highest BCUT2D eigenvalue weighted by molar-refractivity contribution is 5.95. The van der Waals surface area contributed by atoms with Crippen molar-refractivity contribution >= 4 is 23.1 Å². The second-order valence-corrected chi connectivity index (χ2v) is 9.56. The molecule has 0 saturated carbocycles. The van der Waals surface area contributed by atoms with Crippen LogP contribution in [0.2, 0.25) is 0 Å². The molecule has 6 rings (SSSR count). The molecule has 166 valence electrons. The van der Waals surface area contributed by atoms with Crippen LogP contribution >= 0.6 is 0 Å². The zero-order valence-corrected chi connectivity index (χ0v) is 18.4. The van der Waals surface area contributed by atoms with Gasteiger partial charge in [0.15, 0.2) is 0 Å². The Morgan fingerprint density at radius 3 is 2.61 bits per heavy atom. The van der Waals surface area contributed by atoms with Gasteiger partial charge in [-0.05, 0) is 35.7 Å². The van der Waals surface area contributed by atoms with Crippen LogP contribution < -0.4 is 10.2 Å². The summed E-state index contributed by atoms with van der Waals surface area (Å²) in [6, 6.07) is 18.5. The number of cyclic esters (lactones) is 1. The lowest BCUT2D eigenvalue weighted by atomic mass is 9.73. The van der Waals surface area contributed by atoms with Crippen LogP contribution in [0.15, 0.2) is 83.1 Å². The van der Waals surface area contributed by atoms with Crippen molar-refractivity contribution in [1.29, 1.82) is 0 Å². The number of anilines is 2. The monoisotopic (exact) mass is 440 g/mol. The molecule has 0 radical (unpaired) electrons. The molecule has 3 atom stereocenters. The quantitative estimate of drug-likeness (QED) is 0.522. The van der Waals surface area contributed by atoms with Gasteiger partial charge < -0.3 is 19.4 Å². The smallest absolute Gasteiger partial charge is 0.340 e. The molecule has 0 fully saturated rings. The van der Waals surface area contributed by atoms with Crippen molar-refractivity contribution < 1.29 is 18.7 Å². The van der Waals surface area contributed by atoms with Crippen LogP contribution in [0.4, 0.5) is 11.4 Å². The van der Waals surface area contributed by atoms with Gasteiger partial charge in [-0.3, -0.25) is 4.79 Å². The summed E-state index contributed by atoms with van der Waals surface area (Å²) in [4.78, 5) is 28.5. The van der Waals surface area contributed by atoms with Crippen LogP contribution in [0.3, 0.4) is 0 Å². The van der Waals surface area contributed by atoms with Gasteiger partial charge in [0.05, 0.1) is 29.1 Å². The van der Waals surface area contributed by atoms with Crippen molar-refractivity contribution in [2.75, 3.05) is 10.2 Å². The first-order valence-corrected chi connectivity index (χ1v) is 11.2. The van der Waals surface area contributed by atoms with E-state index < -0.39 is 18.2 Å². The van der Waals surface area contributed by atoms with Gasteiger partial charge in [0.1, 0.15) is 17.6 Å². The largest absolute Gasteiger partial charge is 0.467 e. The average Bonchev–Trinajstić information content (AvgIpc) is 3.39. The van der Waals surface area contributed by atoms with Crippen LogP contribution in [0, 0.1) is 11.3 Å². The summed E-state index contributed by atoms with van der Waals surface area (Å²) in [5.74, 6) is -0.0851. The zero-order valence-electron chi connectivity index (χ0n) is 18.4. The third-order valence-electron chi connectivity index (χ3n) is 6.69. The molecule has 0 spiro atoms. The molecule has 2 aliphatic heterocycles. The number of hydrogen-bond donors (Lipinski definition) is 1. The number of ketones is 1.